The van der Waals surface area contributed by atoms with Gasteiger partial charge in [-0.1, -0.05) is 53.0 Å². The molecule has 0 radical (unpaired) electrons. The predicted molar refractivity (Wildman–Crippen MR) is 94.7 cm³/mol. The van der Waals surface area contributed by atoms with Gasteiger partial charge in [0.25, 0.3) is 0 Å². The highest BCUT2D eigenvalue weighted by Crippen LogP contribution is 2.23. The average Bonchev–Trinajstić information content (AvgIpc) is 2.54. The molecule has 1 N–H and O–H groups in total. The summed E-state index contributed by atoms with van der Waals surface area (Å²) >= 11 is 17.8. The standard InChI is InChI=1S/C17H16Cl3NO2/c18-13-7-5-12(11-15(13)20)6-8-17(22)21-9-10-23-16-4-2-1-3-14(16)19/h1-5,7,11H,6,8-10H2,(H,21,22). The number of amides is 1. The highest BCUT2D eigenvalue weighted by atomic mass is 35.5. The smallest absolute Gasteiger partial charge is 0.220 e. The largest absolute Gasteiger partial charge is 0.490 e. The van der Waals surface area contributed by atoms with Crippen LogP contribution in [0.15, 0.2) is 42.5 Å². The maximum Gasteiger partial charge on any atom is 0.220 e. The zero-order valence-electron chi connectivity index (χ0n) is 12.3. The number of para-hydroxylation sites is 1. The maximum atomic E-state index is 11.8. The molecule has 0 aliphatic heterocycles. The molecule has 0 bridgehead atoms. The summed E-state index contributed by atoms with van der Waals surface area (Å²) in [5.74, 6) is 0.568. The third-order valence-electron chi connectivity index (χ3n) is 3.14. The van der Waals surface area contributed by atoms with E-state index in [-0.39, 0.29) is 5.91 Å². The molecule has 0 fully saturated rings. The van der Waals surface area contributed by atoms with Crippen molar-refractivity contribution in [1.29, 1.82) is 0 Å². The molecule has 3 nitrogen and oxygen atoms in total. The molecule has 23 heavy (non-hydrogen) atoms. The second-order valence-corrected chi connectivity index (χ2v) is 6.10. The van der Waals surface area contributed by atoms with Gasteiger partial charge in [-0.25, -0.2) is 0 Å². The SMILES string of the molecule is O=C(CCc1ccc(Cl)c(Cl)c1)NCCOc1ccccc1Cl. The van der Waals surface area contributed by atoms with Crippen molar-refractivity contribution in [2.45, 2.75) is 12.8 Å². The van der Waals surface area contributed by atoms with Gasteiger partial charge in [0.1, 0.15) is 12.4 Å². The molecule has 2 aromatic carbocycles. The lowest BCUT2D eigenvalue weighted by Gasteiger charge is -2.09. The summed E-state index contributed by atoms with van der Waals surface area (Å²) in [5, 5.41) is 4.37. The zero-order chi connectivity index (χ0) is 16.7. The molecule has 1 amide bonds. The number of carbonyl (C=O) groups excluding carboxylic acids is 1. The van der Waals surface area contributed by atoms with Crippen LogP contribution in [0.3, 0.4) is 0 Å². The van der Waals surface area contributed by atoms with Crippen molar-refractivity contribution < 1.29 is 9.53 Å². The highest BCUT2D eigenvalue weighted by molar-refractivity contribution is 6.42. The van der Waals surface area contributed by atoms with Gasteiger partial charge in [0.05, 0.1) is 21.6 Å². The topological polar surface area (TPSA) is 38.3 Å². The minimum absolute atomic E-state index is 0.0427. The summed E-state index contributed by atoms with van der Waals surface area (Å²) in [6, 6.07) is 12.6. The Bertz CT molecular complexity index is 677. The average molecular weight is 373 g/mol. The Labute approximate surface area is 150 Å². The van der Waals surface area contributed by atoms with Gasteiger partial charge < -0.3 is 10.1 Å². The summed E-state index contributed by atoms with van der Waals surface area (Å²) in [5.41, 5.74) is 0.974. The fourth-order valence-electron chi connectivity index (χ4n) is 1.95. The van der Waals surface area contributed by atoms with E-state index in [4.69, 9.17) is 39.5 Å². The number of hydrogen-bond acceptors (Lipinski definition) is 2. The number of hydrogen-bond donors (Lipinski definition) is 1. The Kier molecular flexibility index (Phi) is 7.03. The van der Waals surface area contributed by atoms with Crippen LogP contribution in [0.1, 0.15) is 12.0 Å². The number of nitrogens with one attached hydrogen (secondary N) is 1. The molecule has 0 saturated carbocycles. The molecular weight excluding hydrogens is 357 g/mol. The van der Waals surface area contributed by atoms with E-state index >= 15 is 0 Å². The van der Waals surface area contributed by atoms with Gasteiger partial charge in [-0.15, -0.1) is 0 Å². The molecule has 0 unspecified atom stereocenters. The molecule has 0 aliphatic carbocycles. The van der Waals surface area contributed by atoms with Crippen LogP contribution in [0.2, 0.25) is 15.1 Å². The number of aryl methyl sites for hydroxylation is 1. The van der Waals surface area contributed by atoms with Crippen LogP contribution in [0.25, 0.3) is 0 Å². The van der Waals surface area contributed by atoms with Gasteiger partial charge in [-0.2, -0.15) is 0 Å². The summed E-state index contributed by atoms with van der Waals surface area (Å²) in [6.45, 7) is 0.785. The molecular formula is C17H16Cl3NO2. The molecule has 0 heterocycles. The minimum atomic E-state index is -0.0427. The normalized spacial score (nSPS) is 10.4. The van der Waals surface area contributed by atoms with Crippen LogP contribution < -0.4 is 10.1 Å². The summed E-state index contributed by atoms with van der Waals surface area (Å²) in [4.78, 5) is 11.8. The first kappa shape index (κ1) is 17.9. The Morgan fingerprint density at radius 1 is 1.00 bits per heavy atom. The van der Waals surface area contributed by atoms with E-state index in [2.05, 4.69) is 5.32 Å². The van der Waals surface area contributed by atoms with Gasteiger partial charge in [0.2, 0.25) is 5.91 Å². The number of benzene rings is 2. The minimum Gasteiger partial charge on any atom is -0.490 e. The Morgan fingerprint density at radius 3 is 2.52 bits per heavy atom. The molecule has 6 heteroatoms. The monoisotopic (exact) mass is 371 g/mol. The molecule has 0 spiro atoms. The maximum absolute atomic E-state index is 11.8. The van der Waals surface area contributed by atoms with E-state index in [0.717, 1.165) is 5.56 Å². The molecule has 122 valence electrons. The lowest BCUT2D eigenvalue weighted by molar-refractivity contribution is -0.121. The number of ether oxygens (including phenoxy) is 1. The molecule has 2 aromatic rings. The van der Waals surface area contributed by atoms with E-state index in [1.807, 2.05) is 18.2 Å². The third-order valence-corrected chi connectivity index (χ3v) is 4.19. The Morgan fingerprint density at radius 2 is 1.78 bits per heavy atom. The van der Waals surface area contributed by atoms with Gasteiger partial charge >= 0.3 is 0 Å². The quantitative estimate of drug-likeness (QED) is 0.711. The van der Waals surface area contributed by atoms with Gasteiger partial charge in [-0.3, -0.25) is 4.79 Å². The molecule has 0 aromatic heterocycles. The first-order chi connectivity index (χ1) is 11.1. The Hall–Kier alpha value is -1.42. The van der Waals surface area contributed by atoms with Crippen LogP contribution in [0.4, 0.5) is 0 Å². The van der Waals surface area contributed by atoms with Crippen molar-refractivity contribution >= 4 is 40.7 Å². The van der Waals surface area contributed by atoms with Crippen molar-refractivity contribution in [2.24, 2.45) is 0 Å². The van der Waals surface area contributed by atoms with Gasteiger partial charge in [0, 0.05) is 6.42 Å². The molecule has 0 aliphatic rings. The van der Waals surface area contributed by atoms with E-state index in [9.17, 15) is 4.79 Å². The number of carbonyl (C=O) groups is 1. The summed E-state index contributed by atoms with van der Waals surface area (Å²) < 4.78 is 5.50. The lowest BCUT2D eigenvalue weighted by atomic mass is 10.1. The first-order valence-corrected chi connectivity index (χ1v) is 8.27. The number of halogens is 3. The fourth-order valence-corrected chi connectivity index (χ4v) is 2.47. The molecule has 0 saturated heterocycles. The van der Waals surface area contributed by atoms with E-state index in [0.29, 0.717) is 46.8 Å². The van der Waals surface area contributed by atoms with Crippen molar-refractivity contribution in [3.8, 4) is 5.75 Å². The molecule has 0 atom stereocenters. The van der Waals surface area contributed by atoms with Crippen LogP contribution >= 0.6 is 34.8 Å². The van der Waals surface area contributed by atoms with Crippen molar-refractivity contribution in [3.05, 3.63) is 63.1 Å². The number of rotatable bonds is 7. The van der Waals surface area contributed by atoms with Gasteiger partial charge in [-0.05, 0) is 36.2 Å². The van der Waals surface area contributed by atoms with Crippen LogP contribution in [0.5, 0.6) is 5.75 Å². The van der Waals surface area contributed by atoms with Crippen LogP contribution in [-0.4, -0.2) is 19.1 Å². The third kappa shape index (κ3) is 5.94. The fraction of sp³-hybridized carbons (Fsp3) is 0.235. The lowest BCUT2D eigenvalue weighted by Crippen LogP contribution is -2.28. The first-order valence-electron chi connectivity index (χ1n) is 7.14. The molecule has 2 rings (SSSR count). The van der Waals surface area contributed by atoms with E-state index in [1.54, 1.807) is 24.3 Å². The van der Waals surface area contributed by atoms with Crippen molar-refractivity contribution in [1.82, 2.24) is 5.32 Å². The van der Waals surface area contributed by atoms with E-state index < -0.39 is 0 Å². The zero-order valence-corrected chi connectivity index (χ0v) is 14.6. The van der Waals surface area contributed by atoms with Crippen molar-refractivity contribution in [2.75, 3.05) is 13.2 Å². The second kappa shape index (κ2) is 9.02. The van der Waals surface area contributed by atoms with Gasteiger partial charge in [0.15, 0.2) is 0 Å². The Balaban J connectivity index is 1.67. The summed E-state index contributed by atoms with van der Waals surface area (Å²) in [7, 11) is 0. The highest BCUT2D eigenvalue weighted by Gasteiger charge is 2.05. The summed E-state index contributed by atoms with van der Waals surface area (Å²) in [6.07, 6.45) is 0.984. The van der Waals surface area contributed by atoms with Crippen molar-refractivity contribution in [3.63, 3.8) is 0 Å². The van der Waals surface area contributed by atoms with Crippen LogP contribution in [0, 0.1) is 0 Å². The van der Waals surface area contributed by atoms with E-state index in [1.165, 1.54) is 0 Å². The second-order valence-electron chi connectivity index (χ2n) is 4.88. The van der Waals surface area contributed by atoms with Crippen LogP contribution in [-0.2, 0) is 11.2 Å². The predicted octanol–water partition coefficient (Wildman–Crippen LogP) is 4.77.